The Bertz CT molecular complexity index is 893. The van der Waals surface area contributed by atoms with E-state index in [0.29, 0.717) is 24.7 Å². The Morgan fingerprint density at radius 3 is 2.96 bits per heavy atom. The molecule has 3 aromatic rings. The van der Waals surface area contributed by atoms with E-state index in [1.165, 1.54) is 0 Å². The predicted molar refractivity (Wildman–Crippen MR) is 95.2 cm³/mol. The summed E-state index contributed by atoms with van der Waals surface area (Å²) in [7, 11) is 1.59. The molecule has 0 radical (unpaired) electrons. The molecule has 1 amide bonds. The summed E-state index contributed by atoms with van der Waals surface area (Å²) in [6, 6.07) is 9.32. The molecular formula is C16H16BrN5O2. The van der Waals surface area contributed by atoms with E-state index in [2.05, 4.69) is 31.2 Å². The van der Waals surface area contributed by atoms with E-state index in [4.69, 9.17) is 10.5 Å². The van der Waals surface area contributed by atoms with Crippen molar-refractivity contribution in [1.29, 1.82) is 0 Å². The van der Waals surface area contributed by atoms with Gasteiger partial charge >= 0.3 is 0 Å². The normalized spacial score (nSPS) is 10.9. The van der Waals surface area contributed by atoms with E-state index in [1.807, 2.05) is 24.3 Å². The first-order chi connectivity index (χ1) is 11.6. The van der Waals surface area contributed by atoms with Crippen LogP contribution in [0, 0.1) is 0 Å². The van der Waals surface area contributed by atoms with Crippen molar-refractivity contribution in [1.82, 2.24) is 19.9 Å². The van der Waals surface area contributed by atoms with Crippen LogP contribution in [0.1, 0.15) is 10.5 Å². The molecule has 2 heterocycles. The highest BCUT2D eigenvalue weighted by Gasteiger charge is 2.18. The standard InChI is InChI=1S/C16H16BrN5O2/c1-24-7-6-19-15(23)13-8-10-2-3-11(17)9-12(10)22(13)14-4-5-20-16(18)21-14/h2-5,8-9H,6-7H2,1H3,(H,19,23)(H2,18,20,21). The molecule has 0 saturated heterocycles. The first-order valence-electron chi connectivity index (χ1n) is 7.27. The lowest BCUT2D eigenvalue weighted by atomic mass is 10.2. The molecule has 3 rings (SSSR count). The SMILES string of the molecule is COCCNC(=O)c1cc2ccc(Br)cc2n1-c1ccnc(N)n1. The Hall–Kier alpha value is -2.45. The van der Waals surface area contributed by atoms with Gasteiger partial charge in [-0.15, -0.1) is 0 Å². The molecular weight excluding hydrogens is 374 g/mol. The molecule has 0 bridgehead atoms. The zero-order valence-corrected chi connectivity index (χ0v) is 14.6. The molecule has 0 atom stereocenters. The van der Waals surface area contributed by atoms with Crippen molar-refractivity contribution in [3.8, 4) is 5.82 Å². The molecule has 2 aromatic heterocycles. The minimum absolute atomic E-state index is 0.148. The maximum absolute atomic E-state index is 12.6. The fraction of sp³-hybridized carbons (Fsp3) is 0.188. The molecule has 0 spiro atoms. The van der Waals surface area contributed by atoms with Crippen LogP contribution in [0.15, 0.2) is 41.0 Å². The van der Waals surface area contributed by atoms with Crippen molar-refractivity contribution in [2.75, 3.05) is 26.0 Å². The van der Waals surface area contributed by atoms with Gasteiger partial charge in [-0.25, -0.2) is 4.98 Å². The predicted octanol–water partition coefficient (Wildman–Crippen LogP) is 2.14. The van der Waals surface area contributed by atoms with E-state index in [1.54, 1.807) is 23.9 Å². The van der Waals surface area contributed by atoms with Crippen LogP contribution < -0.4 is 11.1 Å². The van der Waals surface area contributed by atoms with Gasteiger partial charge in [-0.1, -0.05) is 22.0 Å². The fourth-order valence-corrected chi connectivity index (χ4v) is 2.78. The number of fused-ring (bicyclic) bond motifs is 1. The van der Waals surface area contributed by atoms with Gasteiger partial charge in [0.25, 0.3) is 5.91 Å². The van der Waals surface area contributed by atoms with E-state index < -0.39 is 0 Å². The maximum Gasteiger partial charge on any atom is 0.268 e. The van der Waals surface area contributed by atoms with E-state index in [0.717, 1.165) is 15.4 Å². The van der Waals surface area contributed by atoms with E-state index >= 15 is 0 Å². The zero-order valence-electron chi connectivity index (χ0n) is 13.0. The number of benzene rings is 1. The number of nitrogens with one attached hydrogen (secondary N) is 1. The topological polar surface area (TPSA) is 95.1 Å². The van der Waals surface area contributed by atoms with Crippen LogP contribution >= 0.6 is 15.9 Å². The highest BCUT2D eigenvalue weighted by atomic mass is 79.9. The fourth-order valence-electron chi connectivity index (χ4n) is 2.43. The summed E-state index contributed by atoms with van der Waals surface area (Å²) in [5, 5.41) is 3.75. The lowest BCUT2D eigenvalue weighted by Crippen LogP contribution is -2.28. The third-order valence-corrected chi connectivity index (χ3v) is 3.97. The highest BCUT2D eigenvalue weighted by Crippen LogP contribution is 2.26. The molecule has 7 nitrogen and oxygen atoms in total. The number of rotatable bonds is 5. The molecule has 3 N–H and O–H groups in total. The smallest absolute Gasteiger partial charge is 0.268 e. The average molecular weight is 390 g/mol. The third-order valence-electron chi connectivity index (χ3n) is 3.48. The molecule has 8 heteroatoms. The largest absolute Gasteiger partial charge is 0.383 e. The number of carbonyl (C=O) groups is 1. The monoisotopic (exact) mass is 389 g/mol. The highest BCUT2D eigenvalue weighted by molar-refractivity contribution is 9.10. The Morgan fingerprint density at radius 1 is 1.38 bits per heavy atom. The maximum atomic E-state index is 12.6. The van der Waals surface area contributed by atoms with Gasteiger partial charge < -0.3 is 15.8 Å². The van der Waals surface area contributed by atoms with Crippen molar-refractivity contribution in [3.05, 3.63) is 46.7 Å². The second-order valence-corrected chi connectivity index (χ2v) is 6.01. The summed E-state index contributed by atoms with van der Waals surface area (Å²) in [4.78, 5) is 20.7. The van der Waals surface area contributed by atoms with Crippen LogP contribution in [0.3, 0.4) is 0 Å². The number of nitrogen functional groups attached to an aromatic ring is 1. The van der Waals surface area contributed by atoms with Gasteiger partial charge in [0.15, 0.2) is 0 Å². The van der Waals surface area contributed by atoms with E-state index in [-0.39, 0.29) is 11.9 Å². The number of anilines is 1. The van der Waals surface area contributed by atoms with Gasteiger partial charge in [-0.05, 0) is 24.3 Å². The van der Waals surface area contributed by atoms with Gasteiger partial charge in [0.05, 0.1) is 12.1 Å². The van der Waals surface area contributed by atoms with Crippen molar-refractivity contribution in [3.63, 3.8) is 0 Å². The quantitative estimate of drug-likeness (QED) is 0.651. The van der Waals surface area contributed by atoms with Crippen molar-refractivity contribution >= 4 is 38.7 Å². The Kier molecular flexibility index (Phi) is 4.77. The molecule has 0 aliphatic rings. The number of nitrogens with two attached hydrogens (primary N) is 1. The number of aromatic nitrogens is 3. The second-order valence-electron chi connectivity index (χ2n) is 5.09. The molecule has 0 saturated carbocycles. The van der Waals surface area contributed by atoms with Gasteiger partial charge in [-0.2, -0.15) is 4.98 Å². The van der Waals surface area contributed by atoms with Crippen molar-refractivity contribution in [2.24, 2.45) is 0 Å². The molecule has 124 valence electrons. The Morgan fingerprint density at radius 2 is 2.21 bits per heavy atom. The lowest BCUT2D eigenvalue weighted by Gasteiger charge is -2.10. The number of carbonyl (C=O) groups excluding carboxylic acids is 1. The van der Waals surface area contributed by atoms with E-state index in [9.17, 15) is 4.79 Å². The summed E-state index contributed by atoms with van der Waals surface area (Å²) < 4.78 is 7.64. The molecule has 1 aromatic carbocycles. The average Bonchev–Trinajstić information content (AvgIpc) is 2.93. The molecule has 24 heavy (non-hydrogen) atoms. The summed E-state index contributed by atoms with van der Waals surface area (Å²) in [6.45, 7) is 0.866. The van der Waals surface area contributed by atoms with Crippen molar-refractivity contribution < 1.29 is 9.53 Å². The minimum Gasteiger partial charge on any atom is -0.383 e. The first-order valence-corrected chi connectivity index (χ1v) is 8.06. The number of halogens is 1. The molecule has 0 aliphatic heterocycles. The van der Waals surface area contributed by atoms with Gasteiger partial charge in [0, 0.05) is 29.7 Å². The summed E-state index contributed by atoms with van der Waals surface area (Å²) in [5.74, 6) is 0.471. The summed E-state index contributed by atoms with van der Waals surface area (Å²) >= 11 is 3.46. The Labute approximate surface area is 147 Å². The summed E-state index contributed by atoms with van der Waals surface area (Å²) in [6.07, 6.45) is 1.56. The second kappa shape index (κ2) is 6.98. The van der Waals surface area contributed by atoms with Crippen molar-refractivity contribution in [2.45, 2.75) is 0 Å². The molecule has 0 fully saturated rings. The van der Waals surface area contributed by atoms with Gasteiger partial charge in [0.2, 0.25) is 5.95 Å². The number of amides is 1. The molecule has 0 unspecified atom stereocenters. The minimum atomic E-state index is -0.212. The summed E-state index contributed by atoms with van der Waals surface area (Å²) in [5.41, 5.74) is 7.02. The Balaban J connectivity index is 2.14. The van der Waals surface area contributed by atoms with Crippen LogP contribution in [-0.2, 0) is 4.74 Å². The van der Waals surface area contributed by atoms with Crippen LogP contribution in [0.4, 0.5) is 5.95 Å². The number of hydrogen-bond donors (Lipinski definition) is 2. The first kappa shape index (κ1) is 16.4. The lowest BCUT2D eigenvalue weighted by molar-refractivity contribution is 0.0930. The van der Waals surface area contributed by atoms with Crippen LogP contribution in [-0.4, -0.2) is 40.7 Å². The van der Waals surface area contributed by atoms with Crippen LogP contribution in [0.5, 0.6) is 0 Å². The number of hydrogen-bond acceptors (Lipinski definition) is 5. The third kappa shape index (κ3) is 3.24. The van der Waals surface area contributed by atoms with Gasteiger partial charge in [-0.3, -0.25) is 9.36 Å². The number of ether oxygens (including phenoxy) is 1. The number of methoxy groups -OCH3 is 1. The zero-order chi connectivity index (χ0) is 17.1. The van der Waals surface area contributed by atoms with Crippen LogP contribution in [0.25, 0.3) is 16.7 Å². The van der Waals surface area contributed by atoms with Gasteiger partial charge in [0.1, 0.15) is 11.5 Å². The number of nitrogens with zero attached hydrogens (tertiary/aromatic N) is 3. The molecule has 0 aliphatic carbocycles. The van der Waals surface area contributed by atoms with Crippen LogP contribution in [0.2, 0.25) is 0 Å².